The highest BCUT2D eigenvalue weighted by Crippen LogP contribution is 2.29. The van der Waals surface area contributed by atoms with Gasteiger partial charge in [-0.15, -0.1) is 10.2 Å². The molecule has 0 radical (unpaired) electrons. The molecule has 0 unspecified atom stereocenters. The van der Waals surface area contributed by atoms with Gasteiger partial charge in [0.25, 0.3) is 5.91 Å². The maximum absolute atomic E-state index is 12.5. The predicted molar refractivity (Wildman–Crippen MR) is 114 cm³/mol. The van der Waals surface area contributed by atoms with E-state index >= 15 is 0 Å². The van der Waals surface area contributed by atoms with Crippen molar-refractivity contribution in [3.8, 4) is 0 Å². The molecule has 0 saturated carbocycles. The number of anilines is 1. The minimum atomic E-state index is -0.315. The second-order valence-electron chi connectivity index (χ2n) is 6.93. The van der Waals surface area contributed by atoms with Crippen LogP contribution in [0.2, 0.25) is 5.02 Å². The molecule has 3 heterocycles. The number of halogens is 1. The molecule has 1 aliphatic heterocycles. The average Bonchev–Trinajstić information content (AvgIpc) is 3.46. The molecule has 0 aliphatic carbocycles. The van der Waals surface area contributed by atoms with Gasteiger partial charge in [0.15, 0.2) is 0 Å². The quantitative estimate of drug-likeness (QED) is 0.615. The number of piperidine rings is 1. The van der Waals surface area contributed by atoms with E-state index in [4.69, 9.17) is 16.0 Å². The van der Waals surface area contributed by atoms with Gasteiger partial charge in [-0.05, 0) is 49.2 Å². The number of likely N-dealkylation sites (tertiary alicyclic amines) is 1. The Kier molecular flexibility index (Phi) is 6.29. The Hall–Kier alpha value is -2.91. The summed E-state index contributed by atoms with van der Waals surface area (Å²) in [7, 11) is 0. The van der Waals surface area contributed by atoms with Crippen LogP contribution in [0.5, 0.6) is 0 Å². The second kappa shape index (κ2) is 9.27. The highest BCUT2D eigenvalue weighted by atomic mass is 35.5. The molecule has 1 fully saturated rings. The SMILES string of the molecule is O=C(Nc1ccc(Cl)cc1)c1nnc([C@H]2CCCN(C(=O)NCc3ccco3)C2)s1. The standard InChI is InChI=1S/C20H20ClN5O3S/c21-14-5-7-15(8-6-14)23-17(27)19-25-24-18(30-19)13-3-1-9-26(12-13)20(28)22-11-16-4-2-10-29-16/h2,4-8,10,13H,1,3,9,11-12H2,(H,22,28)(H,23,27)/t13-/m0/s1. The summed E-state index contributed by atoms with van der Waals surface area (Å²) in [5.74, 6) is 0.449. The first kappa shape index (κ1) is 20.4. The van der Waals surface area contributed by atoms with Crippen molar-refractivity contribution in [1.29, 1.82) is 0 Å². The minimum absolute atomic E-state index is 0.0581. The third-order valence-corrected chi connectivity index (χ3v) is 6.13. The molecule has 10 heteroatoms. The number of nitrogens with zero attached hydrogens (tertiary/aromatic N) is 3. The molecule has 2 aromatic heterocycles. The number of benzene rings is 1. The second-order valence-corrected chi connectivity index (χ2v) is 8.38. The molecular weight excluding hydrogens is 426 g/mol. The van der Waals surface area contributed by atoms with Crippen molar-refractivity contribution < 1.29 is 14.0 Å². The smallest absolute Gasteiger partial charge is 0.317 e. The molecule has 3 amide bonds. The minimum Gasteiger partial charge on any atom is -0.467 e. The van der Waals surface area contributed by atoms with Crippen molar-refractivity contribution in [1.82, 2.24) is 20.4 Å². The van der Waals surface area contributed by atoms with Gasteiger partial charge in [0, 0.05) is 29.7 Å². The molecule has 0 bridgehead atoms. The van der Waals surface area contributed by atoms with E-state index in [0.717, 1.165) is 17.8 Å². The largest absolute Gasteiger partial charge is 0.467 e. The Labute approximate surface area is 182 Å². The summed E-state index contributed by atoms with van der Waals surface area (Å²) >= 11 is 7.13. The monoisotopic (exact) mass is 445 g/mol. The number of carbonyl (C=O) groups is 2. The Morgan fingerprint density at radius 3 is 2.83 bits per heavy atom. The molecule has 1 atom stereocenters. The number of hydrogen-bond acceptors (Lipinski definition) is 6. The summed E-state index contributed by atoms with van der Waals surface area (Å²) in [6, 6.07) is 10.3. The van der Waals surface area contributed by atoms with Crippen molar-refractivity contribution in [2.45, 2.75) is 25.3 Å². The Morgan fingerprint density at radius 1 is 1.23 bits per heavy atom. The lowest BCUT2D eigenvalue weighted by atomic mass is 9.99. The zero-order chi connectivity index (χ0) is 20.9. The van der Waals surface area contributed by atoms with Crippen LogP contribution >= 0.6 is 22.9 Å². The van der Waals surface area contributed by atoms with E-state index in [0.29, 0.717) is 41.1 Å². The zero-order valence-corrected chi connectivity index (χ0v) is 17.6. The lowest BCUT2D eigenvalue weighted by molar-refractivity contribution is 0.102. The summed E-state index contributed by atoms with van der Waals surface area (Å²) in [6.45, 7) is 1.57. The summed E-state index contributed by atoms with van der Waals surface area (Å²) in [5.41, 5.74) is 0.637. The van der Waals surface area contributed by atoms with Gasteiger partial charge in [0.2, 0.25) is 5.01 Å². The van der Waals surface area contributed by atoms with E-state index in [1.54, 1.807) is 41.5 Å². The number of aromatic nitrogens is 2. The number of rotatable bonds is 5. The van der Waals surface area contributed by atoms with Crippen molar-refractivity contribution in [2.75, 3.05) is 18.4 Å². The summed E-state index contributed by atoms with van der Waals surface area (Å²) < 4.78 is 5.24. The Morgan fingerprint density at radius 2 is 2.07 bits per heavy atom. The average molecular weight is 446 g/mol. The van der Waals surface area contributed by atoms with Gasteiger partial charge in [0.05, 0.1) is 12.8 Å². The molecule has 156 valence electrons. The first-order valence-corrected chi connectivity index (χ1v) is 10.7. The molecule has 8 nitrogen and oxygen atoms in total. The van der Waals surface area contributed by atoms with E-state index in [9.17, 15) is 9.59 Å². The molecule has 1 saturated heterocycles. The van der Waals surface area contributed by atoms with Crippen molar-refractivity contribution in [3.05, 3.63) is 63.5 Å². The fourth-order valence-electron chi connectivity index (χ4n) is 3.26. The summed E-state index contributed by atoms with van der Waals surface area (Å²) in [4.78, 5) is 26.7. The van der Waals surface area contributed by atoms with Gasteiger partial charge >= 0.3 is 6.03 Å². The first-order valence-electron chi connectivity index (χ1n) is 9.54. The number of urea groups is 1. The lowest BCUT2D eigenvalue weighted by Gasteiger charge is -2.31. The number of furan rings is 1. The van der Waals surface area contributed by atoms with Crippen LogP contribution in [0.1, 0.15) is 39.3 Å². The Balaban J connectivity index is 1.34. The molecule has 2 N–H and O–H groups in total. The highest BCUT2D eigenvalue weighted by Gasteiger charge is 2.28. The Bertz CT molecular complexity index is 1010. The third-order valence-electron chi connectivity index (χ3n) is 4.79. The van der Waals surface area contributed by atoms with E-state index in [-0.39, 0.29) is 17.9 Å². The predicted octanol–water partition coefficient (Wildman–Crippen LogP) is 4.13. The number of hydrogen-bond donors (Lipinski definition) is 2. The van der Waals surface area contributed by atoms with E-state index in [1.165, 1.54) is 11.3 Å². The molecule has 4 rings (SSSR count). The summed E-state index contributed by atoms with van der Waals surface area (Å²) in [5, 5.41) is 15.6. The van der Waals surface area contributed by atoms with Crippen molar-refractivity contribution >= 4 is 40.6 Å². The fraction of sp³-hybridized carbons (Fsp3) is 0.300. The topological polar surface area (TPSA) is 100 Å². The maximum atomic E-state index is 12.5. The van der Waals surface area contributed by atoms with Gasteiger partial charge in [0.1, 0.15) is 10.8 Å². The molecule has 0 spiro atoms. The van der Waals surface area contributed by atoms with Crippen LogP contribution < -0.4 is 10.6 Å². The highest BCUT2D eigenvalue weighted by molar-refractivity contribution is 7.13. The van der Waals surface area contributed by atoms with Crippen LogP contribution in [0.4, 0.5) is 10.5 Å². The molecule has 30 heavy (non-hydrogen) atoms. The molecular formula is C20H20ClN5O3S. The molecule has 3 aromatic rings. The van der Waals surface area contributed by atoms with Crippen LogP contribution in [0.25, 0.3) is 0 Å². The number of amides is 3. The van der Waals surface area contributed by atoms with Crippen LogP contribution in [-0.2, 0) is 6.54 Å². The van der Waals surface area contributed by atoms with Crippen molar-refractivity contribution in [2.24, 2.45) is 0 Å². The lowest BCUT2D eigenvalue weighted by Crippen LogP contribution is -2.44. The van der Waals surface area contributed by atoms with E-state index < -0.39 is 0 Å². The normalized spacial score (nSPS) is 16.3. The summed E-state index contributed by atoms with van der Waals surface area (Å²) in [6.07, 6.45) is 3.34. The van der Waals surface area contributed by atoms with Gasteiger partial charge in [-0.2, -0.15) is 0 Å². The molecule has 1 aromatic carbocycles. The van der Waals surface area contributed by atoms with Crippen LogP contribution in [0.3, 0.4) is 0 Å². The number of nitrogens with one attached hydrogen (secondary N) is 2. The van der Waals surface area contributed by atoms with E-state index in [1.807, 2.05) is 6.07 Å². The van der Waals surface area contributed by atoms with Crippen LogP contribution in [0, 0.1) is 0 Å². The van der Waals surface area contributed by atoms with Gasteiger partial charge in [-0.1, -0.05) is 22.9 Å². The van der Waals surface area contributed by atoms with Crippen molar-refractivity contribution in [3.63, 3.8) is 0 Å². The number of carbonyl (C=O) groups excluding carboxylic acids is 2. The van der Waals surface area contributed by atoms with E-state index in [2.05, 4.69) is 20.8 Å². The fourth-order valence-corrected chi connectivity index (χ4v) is 4.25. The van der Waals surface area contributed by atoms with Crippen LogP contribution in [0.15, 0.2) is 47.1 Å². The van der Waals surface area contributed by atoms with Gasteiger partial charge in [-0.3, -0.25) is 4.79 Å². The van der Waals surface area contributed by atoms with Gasteiger partial charge < -0.3 is 20.0 Å². The first-order chi connectivity index (χ1) is 14.6. The zero-order valence-electron chi connectivity index (χ0n) is 16.0. The molecule has 1 aliphatic rings. The van der Waals surface area contributed by atoms with Gasteiger partial charge in [-0.25, -0.2) is 4.79 Å². The van der Waals surface area contributed by atoms with Crippen LogP contribution in [-0.4, -0.2) is 40.1 Å². The maximum Gasteiger partial charge on any atom is 0.317 e. The third kappa shape index (κ3) is 4.98.